The summed E-state index contributed by atoms with van der Waals surface area (Å²) in [7, 11) is 0. The van der Waals surface area contributed by atoms with Crippen molar-refractivity contribution in [3.63, 3.8) is 0 Å². The molecular formula is C12H14N2O. The molecule has 0 heterocycles. The second kappa shape index (κ2) is 4.22. The minimum atomic E-state index is 0.340. The minimum Gasteiger partial charge on any atom is -0.493 e. The topological polar surface area (TPSA) is 59.0 Å². The lowest BCUT2D eigenvalue weighted by Gasteiger charge is -2.07. The second-order valence-corrected chi connectivity index (χ2v) is 3.95. The van der Waals surface area contributed by atoms with Crippen LogP contribution >= 0.6 is 0 Å². The van der Waals surface area contributed by atoms with E-state index in [-0.39, 0.29) is 0 Å². The highest BCUT2D eigenvalue weighted by atomic mass is 16.5. The van der Waals surface area contributed by atoms with Crippen molar-refractivity contribution in [1.82, 2.24) is 0 Å². The number of hydrogen-bond acceptors (Lipinski definition) is 3. The van der Waals surface area contributed by atoms with Gasteiger partial charge in [-0.1, -0.05) is 0 Å². The first-order valence-electron chi connectivity index (χ1n) is 5.17. The second-order valence-electron chi connectivity index (χ2n) is 3.95. The van der Waals surface area contributed by atoms with E-state index in [1.54, 1.807) is 6.07 Å². The van der Waals surface area contributed by atoms with Crippen LogP contribution in [0.1, 0.15) is 18.4 Å². The van der Waals surface area contributed by atoms with Crippen LogP contribution in [0.2, 0.25) is 0 Å². The number of hydrogen-bond donors (Lipinski definition) is 1. The Morgan fingerprint density at radius 2 is 2.27 bits per heavy atom. The van der Waals surface area contributed by atoms with Crippen LogP contribution in [0.5, 0.6) is 5.75 Å². The number of ether oxygens (including phenoxy) is 1. The van der Waals surface area contributed by atoms with Gasteiger partial charge in [0.2, 0.25) is 0 Å². The highest BCUT2D eigenvalue weighted by Gasteiger charge is 2.21. The molecule has 1 aromatic carbocycles. The van der Waals surface area contributed by atoms with E-state index in [1.807, 2.05) is 12.1 Å². The molecule has 15 heavy (non-hydrogen) atoms. The normalized spacial score (nSPS) is 14.6. The van der Waals surface area contributed by atoms with Crippen LogP contribution < -0.4 is 10.5 Å². The van der Waals surface area contributed by atoms with Gasteiger partial charge >= 0.3 is 0 Å². The van der Waals surface area contributed by atoms with Crippen molar-refractivity contribution >= 4 is 5.69 Å². The van der Waals surface area contributed by atoms with Crippen molar-refractivity contribution in [2.45, 2.75) is 19.3 Å². The summed E-state index contributed by atoms with van der Waals surface area (Å²) in [4.78, 5) is 0. The Bertz CT molecular complexity index is 391. The first-order chi connectivity index (χ1) is 7.29. The Hall–Kier alpha value is -1.69. The smallest absolute Gasteiger partial charge is 0.119 e. The van der Waals surface area contributed by atoms with Gasteiger partial charge in [0.25, 0.3) is 0 Å². The maximum absolute atomic E-state index is 8.62. The van der Waals surface area contributed by atoms with Gasteiger partial charge in [-0.25, -0.2) is 0 Å². The van der Waals surface area contributed by atoms with Crippen molar-refractivity contribution in [3.8, 4) is 11.8 Å². The maximum Gasteiger partial charge on any atom is 0.119 e. The zero-order valence-corrected chi connectivity index (χ0v) is 8.57. The summed E-state index contributed by atoms with van der Waals surface area (Å²) < 4.78 is 5.61. The summed E-state index contributed by atoms with van der Waals surface area (Å²) in [6.07, 6.45) is 2.90. The first-order valence-corrected chi connectivity index (χ1v) is 5.17. The SMILES string of the molecule is N#CCc1cc(OCC2CC2)ccc1N. The Morgan fingerprint density at radius 1 is 1.47 bits per heavy atom. The number of nitrogen functional groups attached to an aromatic ring is 1. The summed E-state index contributed by atoms with van der Waals surface area (Å²) in [5, 5.41) is 8.62. The Balaban J connectivity index is 2.03. The largest absolute Gasteiger partial charge is 0.493 e. The fourth-order valence-corrected chi connectivity index (χ4v) is 1.41. The Morgan fingerprint density at radius 3 is 2.93 bits per heavy atom. The van der Waals surface area contributed by atoms with E-state index in [0.29, 0.717) is 12.1 Å². The molecule has 0 amide bonds. The van der Waals surface area contributed by atoms with Gasteiger partial charge in [0.05, 0.1) is 19.1 Å². The quantitative estimate of drug-likeness (QED) is 0.761. The van der Waals surface area contributed by atoms with Gasteiger partial charge in [0, 0.05) is 5.69 Å². The van der Waals surface area contributed by atoms with Crippen LogP contribution in [0.4, 0.5) is 5.69 Å². The van der Waals surface area contributed by atoms with Crippen molar-refractivity contribution in [2.24, 2.45) is 5.92 Å². The first kappa shape index (κ1) is 9.85. The third-order valence-electron chi connectivity index (χ3n) is 2.57. The van der Waals surface area contributed by atoms with Gasteiger partial charge in [0.15, 0.2) is 0 Å². The van der Waals surface area contributed by atoms with Gasteiger partial charge in [-0.3, -0.25) is 0 Å². The minimum absolute atomic E-state index is 0.340. The average Bonchev–Trinajstić information content (AvgIpc) is 3.03. The standard InChI is InChI=1S/C12H14N2O/c13-6-5-10-7-11(3-4-12(10)14)15-8-9-1-2-9/h3-4,7,9H,1-2,5,8,14H2. The van der Waals surface area contributed by atoms with Crippen LogP contribution in [-0.2, 0) is 6.42 Å². The zero-order valence-electron chi connectivity index (χ0n) is 8.57. The van der Waals surface area contributed by atoms with Crippen LogP contribution in [0.15, 0.2) is 18.2 Å². The molecule has 78 valence electrons. The third kappa shape index (κ3) is 2.63. The van der Waals surface area contributed by atoms with E-state index in [0.717, 1.165) is 23.8 Å². The van der Waals surface area contributed by atoms with E-state index in [9.17, 15) is 0 Å². The maximum atomic E-state index is 8.62. The highest BCUT2D eigenvalue weighted by molar-refractivity contribution is 5.51. The number of nitriles is 1. The Kier molecular flexibility index (Phi) is 2.77. The predicted molar refractivity (Wildman–Crippen MR) is 58.4 cm³/mol. The van der Waals surface area contributed by atoms with Crippen LogP contribution in [0.3, 0.4) is 0 Å². The number of nitrogens with two attached hydrogens (primary N) is 1. The predicted octanol–water partition coefficient (Wildman–Crippen LogP) is 2.12. The average molecular weight is 202 g/mol. The summed E-state index contributed by atoms with van der Waals surface area (Å²) in [5.41, 5.74) is 7.25. The highest BCUT2D eigenvalue weighted by Crippen LogP contribution is 2.30. The number of benzene rings is 1. The summed E-state index contributed by atoms with van der Waals surface area (Å²) in [6, 6.07) is 7.62. The lowest BCUT2D eigenvalue weighted by atomic mass is 10.1. The van der Waals surface area contributed by atoms with Gasteiger partial charge in [-0.05, 0) is 42.5 Å². The van der Waals surface area contributed by atoms with Gasteiger partial charge < -0.3 is 10.5 Å². The lowest BCUT2D eigenvalue weighted by molar-refractivity contribution is 0.299. The van der Waals surface area contributed by atoms with Crippen molar-refractivity contribution in [1.29, 1.82) is 5.26 Å². The van der Waals surface area contributed by atoms with E-state index < -0.39 is 0 Å². The molecule has 0 atom stereocenters. The van der Waals surface area contributed by atoms with Crippen molar-refractivity contribution in [2.75, 3.05) is 12.3 Å². The molecule has 0 saturated heterocycles. The molecule has 3 nitrogen and oxygen atoms in total. The molecule has 1 aliphatic rings. The molecule has 1 saturated carbocycles. The van der Waals surface area contributed by atoms with Crippen LogP contribution in [0.25, 0.3) is 0 Å². The molecule has 0 radical (unpaired) electrons. The molecule has 0 aromatic heterocycles. The van der Waals surface area contributed by atoms with E-state index in [1.165, 1.54) is 12.8 Å². The van der Waals surface area contributed by atoms with Gasteiger partial charge in [0.1, 0.15) is 5.75 Å². The van der Waals surface area contributed by atoms with E-state index in [2.05, 4.69) is 6.07 Å². The molecule has 1 aromatic rings. The fourth-order valence-electron chi connectivity index (χ4n) is 1.41. The fraction of sp³-hybridized carbons (Fsp3) is 0.417. The molecule has 0 spiro atoms. The molecule has 0 unspecified atom stereocenters. The molecule has 3 heteroatoms. The number of anilines is 1. The van der Waals surface area contributed by atoms with Crippen LogP contribution in [-0.4, -0.2) is 6.61 Å². The molecule has 2 rings (SSSR count). The van der Waals surface area contributed by atoms with E-state index >= 15 is 0 Å². The van der Waals surface area contributed by atoms with Crippen molar-refractivity contribution in [3.05, 3.63) is 23.8 Å². The zero-order chi connectivity index (χ0) is 10.7. The molecule has 1 fully saturated rings. The monoisotopic (exact) mass is 202 g/mol. The third-order valence-corrected chi connectivity index (χ3v) is 2.57. The Labute approximate surface area is 89.5 Å². The summed E-state index contributed by atoms with van der Waals surface area (Å²) in [6.45, 7) is 0.788. The number of nitrogens with zero attached hydrogens (tertiary/aromatic N) is 1. The molecule has 0 bridgehead atoms. The molecule has 0 aliphatic heterocycles. The van der Waals surface area contributed by atoms with Crippen LogP contribution in [0, 0.1) is 17.2 Å². The molecular weight excluding hydrogens is 188 g/mol. The van der Waals surface area contributed by atoms with E-state index in [4.69, 9.17) is 15.7 Å². The van der Waals surface area contributed by atoms with Crippen molar-refractivity contribution < 1.29 is 4.74 Å². The molecule has 1 aliphatic carbocycles. The summed E-state index contributed by atoms with van der Waals surface area (Å²) in [5.74, 6) is 1.56. The van der Waals surface area contributed by atoms with Gasteiger partial charge in [-0.15, -0.1) is 0 Å². The number of rotatable bonds is 4. The lowest BCUT2D eigenvalue weighted by Crippen LogP contribution is -2.00. The summed E-state index contributed by atoms with van der Waals surface area (Å²) >= 11 is 0. The van der Waals surface area contributed by atoms with Gasteiger partial charge in [-0.2, -0.15) is 5.26 Å². The molecule has 2 N–H and O–H groups in total.